The Morgan fingerprint density at radius 3 is 2.43 bits per heavy atom. The van der Waals surface area contributed by atoms with E-state index in [2.05, 4.69) is 4.98 Å². The summed E-state index contributed by atoms with van der Waals surface area (Å²) in [5.41, 5.74) is 1.52. The lowest BCUT2D eigenvalue weighted by Gasteiger charge is -2.26. The number of rotatable bonds is 8. The van der Waals surface area contributed by atoms with Crippen LogP contribution >= 0.6 is 11.6 Å². The maximum Gasteiger partial charge on any atom is 0.264 e. The van der Waals surface area contributed by atoms with Crippen molar-refractivity contribution < 1.29 is 13.2 Å². The van der Waals surface area contributed by atoms with Gasteiger partial charge in [0.1, 0.15) is 0 Å². The van der Waals surface area contributed by atoms with Crippen LogP contribution in [0.1, 0.15) is 41.4 Å². The number of anilines is 1. The Balaban J connectivity index is 2.18. The van der Waals surface area contributed by atoms with Gasteiger partial charge in [0.2, 0.25) is 0 Å². The molecule has 0 radical (unpaired) electrons. The van der Waals surface area contributed by atoms with Gasteiger partial charge in [-0.25, -0.2) is 8.42 Å². The lowest BCUT2D eigenvalue weighted by Crippen LogP contribution is -2.33. The van der Waals surface area contributed by atoms with Crippen molar-refractivity contribution in [3.8, 4) is 0 Å². The Bertz CT molecular complexity index is 1150. The molecule has 1 aromatic heterocycles. The summed E-state index contributed by atoms with van der Waals surface area (Å²) in [6.45, 7) is 3.98. The normalized spacial score (nSPS) is 11.3. The van der Waals surface area contributed by atoms with E-state index in [0.717, 1.165) is 6.42 Å². The number of sulfonamides is 1. The molecule has 0 aliphatic carbocycles. The number of carbonyl (C=O) groups is 1. The number of unbranched alkanes of at least 4 members (excludes halogenated alkanes) is 1. The predicted octanol–water partition coefficient (Wildman–Crippen LogP) is 5.27. The van der Waals surface area contributed by atoms with Crippen LogP contribution in [0.2, 0.25) is 5.02 Å². The number of nitrogens with zero attached hydrogens (tertiary/aromatic N) is 2. The molecule has 0 amide bonds. The maximum absolute atomic E-state index is 13.5. The van der Waals surface area contributed by atoms with Crippen molar-refractivity contribution in [2.24, 2.45) is 0 Å². The Hall–Kier alpha value is -2.70. The summed E-state index contributed by atoms with van der Waals surface area (Å²) in [5, 5.41) is 0.358. The van der Waals surface area contributed by atoms with E-state index in [1.54, 1.807) is 67.7 Å². The van der Waals surface area contributed by atoms with E-state index in [1.165, 1.54) is 10.4 Å². The van der Waals surface area contributed by atoms with E-state index < -0.39 is 10.0 Å². The molecule has 0 N–H and O–H groups in total. The summed E-state index contributed by atoms with van der Waals surface area (Å²) in [6.07, 6.45) is 3.06. The first-order valence-corrected chi connectivity index (χ1v) is 11.5. The minimum Gasteiger partial charge on any atom is -0.288 e. The smallest absolute Gasteiger partial charge is 0.264 e. The van der Waals surface area contributed by atoms with Gasteiger partial charge in [-0.2, -0.15) is 0 Å². The Morgan fingerprint density at radius 1 is 1.03 bits per heavy atom. The molecule has 2 aromatic carbocycles. The third-order valence-electron chi connectivity index (χ3n) is 4.77. The summed E-state index contributed by atoms with van der Waals surface area (Å²) < 4.78 is 28.2. The highest BCUT2D eigenvalue weighted by Gasteiger charge is 2.29. The molecule has 0 saturated carbocycles. The van der Waals surface area contributed by atoms with Crippen molar-refractivity contribution in [3.63, 3.8) is 0 Å². The highest BCUT2D eigenvalue weighted by atomic mass is 35.5. The molecule has 0 saturated heterocycles. The molecule has 3 aromatic rings. The molecule has 1 heterocycles. The fourth-order valence-corrected chi connectivity index (χ4v) is 4.88. The van der Waals surface area contributed by atoms with Gasteiger partial charge in [0, 0.05) is 34.6 Å². The summed E-state index contributed by atoms with van der Waals surface area (Å²) in [7, 11) is -3.87. The van der Waals surface area contributed by atoms with E-state index >= 15 is 0 Å². The number of halogens is 1. The average Bonchev–Trinajstić information content (AvgIpc) is 2.75. The third-order valence-corrected chi connectivity index (χ3v) is 6.83. The monoisotopic (exact) mass is 442 g/mol. The number of hydrogen-bond acceptors (Lipinski definition) is 4. The molecule has 3 rings (SSSR count). The molecular weight excluding hydrogens is 420 g/mol. The van der Waals surface area contributed by atoms with E-state index in [4.69, 9.17) is 11.6 Å². The predicted molar refractivity (Wildman–Crippen MR) is 120 cm³/mol. The van der Waals surface area contributed by atoms with Gasteiger partial charge in [-0.05, 0) is 55.8 Å². The zero-order chi connectivity index (χ0) is 21.7. The second-order valence-electron chi connectivity index (χ2n) is 6.87. The first-order valence-electron chi connectivity index (χ1n) is 9.70. The van der Waals surface area contributed by atoms with Crippen LogP contribution in [-0.4, -0.2) is 25.7 Å². The largest absolute Gasteiger partial charge is 0.288 e. The van der Waals surface area contributed by atoms with Crippen LogP contribution in [0.5, 0.6) is 0 Å². The second kappa shape index (κ2) is 9.41. The zero-order valence-electron chi connectivity index (χ0n) is 16.9. The molecule has 156 valence electrons. The third kappa shape index (κ3) is 4.55. The van der Waals surface area contributed by atoms with Crippen molar-refractivity contribution in [2.45, 2.75) is 31.6 Å². The zero-order valence-corrected chi connectivity index (χ0v) is 18.4. The molecule has 0 spiro atoms. The lowest BCUT2D eigenvalue weighted by molar-refractivity contribution is 0.103. The summed E-state index contributed by atoms with van der Waals surface area (Å²) in [5.74, 6) is -0.317. The van der Waals surface area contributed by atoms with Crippen molar-refractivity contribution in [1.29, 1.82) is 0 Å². The first kappa shape index (κ1) is 22.0. The van der Waals surface area contributed by atoms with Gasteiger partial charge in [-0.1, -0.05) is 43.1 Å². The number of carbonyl (C=O) groups excluding carboxylic acids is 1. The molecule has 5 nitrogen and oxygen atoms in total. The Kier molecular flexibility index (Phi) is 6.90. The van der Waals surface area contributed by atoms with Crippen LogP contribution in [0.4, 0.5) is 5.69 Å². The van der Waals surface area contributed by atoms with Gasteiger partial charge < -0.3 is 0 Å². The van der Waals surface area contributed by atoms with Crippen LogP contribution in [0.15, 0.2) is 71.8 Å². The van der Waals surface area contributed by atoms with Crippen LogP contribution in [0.25, 0.3) is 0 Å². The summed E-state index contributed by atoms with van der Waals surface area (Å²) in [6, 6.07) is 16.3. The molecular formula is C23H23ClN2O3S. The molecule has 0 unspecified atom stereocenters. The highest BCUT2D eigenvalue weighted by Crippen LogP contribution is 2.31. The van der Waals surface area contributed by atoms with Gasteiger partial charge in [0.15, 0.2) is 5.78 Å². The Labute approximate surface area is 182 Å². The van der Waals surface area contributed by atoms with Crippen molar-refractivity contribution in [3.05, 3.63) is 88.7 Å². The minimum atomic E-state index is -3.87. The summed E-state index contributed by atoms with van der Waals surface area (Å²) in [4.78, 5) is 17.7. The van der Waals surface area contributed by atoms with Crippen molar-refractivity contribution >= 4 is 33.1 Å². The highest BCUT2D eigenvalue weighted by molar-refractivity contribution is 7.92. The van der Waals surface area contributed by atoms with Gasteiger partial charge in [0.05, 0.1) is 10.6 Å². The van der Waals surface area contributed by atoms with Crippen molar-refractivity contribution in [1.82, 2.24) is 4.98 Å². The van der Waals surface area contributed by atoms with Crippen LogP contribution in [0, 0.1) is 6.92 Å². The molecule has 0 atom stereocenters. The molecule has 7 heteroatoms. The van der Waals surface area contributed by atoms with Crippen LogP contribution in [-0.2, 0) is 10.0 Å². The maximum atomic E-state index is 13.5. The standard InChI is InChI=1S/C23H23ClN2O3S/c1-3-4-15-26(30(28,29)19-9-6-5-7-10-19)22-13-12-18(24)16-21(22)23(27)20-11-8-14-25-17(20)2/h5-14,16H,3-4,15H2,1-2H3. The second-order valence-corrected chi connectivity index (χ2v) is 9.17. The molecule has 0 aliphatic heterocycles. The molecule has 30 heavy (non-hydrogen) atoms. The van der Waals surface area contributed by atoms with Crippen LogP contribution < -0.4 is 4.31 Å². The number of aryl methyl sites for hydroxylation is 1. The average molecular weight is 443 g/mol. The lowest BCUT2D eigenvalue weighted by atomic mass is 10.0. The van der Waals surface area contributed by atoms with Crippen LogP contribution in [0.3, 0.4) is 0 Å². The minimum absolute atomic E-state index is 0.173. The fraction of sp³-hybridized carbons (Fsp3) is 0.217. The number of benzene rings is 2. The van der Waals surface area contributed by atoms with E-state index in [9.17, 15) is 13.2 Å². The van der Waals surface area contributed by atoms with E-state index in [-0.39, 0.29) is 22.8 Å². The number of pyridine rings is 1. The van der Waals surface area contributed by atoms with Gasteiger partial charge in [0.25, 0.3) is 10.0 Å². The van der Waals surface area contributed by atoms with Crippen molar-refractivity contribution in [2.75, 3.05) is 10.8 Å². The number of ketones is 1. The SMILES string of the molecule is CCCCN(c1ccc(Cl)cc1C(=O)c1cccnc1C)S(=O)(=O)c1ccccc1. The molecule has 0 bridgehead atoms. The van der Waals surface area contributed by atoms with Gasteiger partial charge in [-0.15, -0.1) is 0 Å². The molecule has 0 aliphatic rings. The van der Waals surface area contributed by atoms with Gasteiger partial charge >= 0.3 is 0 Å². The first-order chi connectivity index (χ1) is 14.4. The topological polar surface area (TPSA) is 67.3 Å². The van der Waals surface area contributed by atoms with Gasteiger partial charge in [-0.3, -0.25) is 14.1 Å². The van der Waals surface area contributed by atoms with E-state index in [1.807, 2.05) is 6.92 Å². The molecule has 0 fully saturated rings. The number of aromatic nitrogens is 1. The fourth-order valence-electron chi connectivity index (χ4n) is 3.17. The van der Waals surface area contributed by atoms with E-state index in [0.29, 0.717) is 28.4 Å². The summed E-state index contributed by atoms with van der Waals surface area (Å²) >= 11 is 6.19. The quantitative estimate of drug-likeness (QED) is 0.445. The number of hydrogen-bond donors (Lipinski definition) is 0. The Morgan fingerprint density at radius 2 is 1.77 bits per heavy atom.